The molecule has 1 aliphatic rings. The first-order valence-corrected chi connectivity index (χ1v) is 7.90. The number of rotatable bonds is 5. The second-order valence-electron chi connectivity index (χ2n) is 5.48. The monoisotopic (exact) mass is 304 g/mol. The van der Waals surface area contributed by atoms with E-state index in [1.807, 2.05) is 49.1 Å². The summed E-state index contributed by atoms with van der Waals surface area (Å²) in [5.74, 6) is 0.0486. The third-order valence-electron chi connectivity index (χ3n) is 4.08. The average Bonchev–Trinajstić information content (AvgIpc) is 3.04. The van der Waals surface area contributed by atoms with Crippen LogP contribution in [-0.4, -0.2) is 48.0 Å². The number of carbonyl (C=O) groups is 2. The van der Waals surface area contributed by atoms with Crippen LogP contribution in [0, 0.1) is 5.92 Å². The van der Waals surface area contributed by atoms with Crippen LogP contribution in [0.4, 0.5) is 4.79 Å². The van der Waals surface area contributed by atoms with E-state index >= 15 is 0 Å². The largest absolute Gasteiger partial charge is 0.445 e. The summed E-state index contributed by atoms with van der Waals surface area (Å²) in [4.78, 5) is 27.8. The Morgan fingerprint density at radius 3 is 2.55 bits per heavy atom. The molecular formula is C17H24N2O3. The zero-order valence-electron chi connectivity index (χ0n) is 13.3. The molecule has 0 bridgehead atoms. The predicted molar refractivity (Wildman–Crippen MR) is 84.2 cm³/mol. The van der Waals surface area contributed by atoms with Gasteiger partial charge in [0.15, 0.2) is 0 Å². The van der Waals surface area contributed by atoms with Crippen molar-refractivity contribution >= 4 is 12.0 Å². The van der Waals surface area contributed by atoms with Gasteiger partial charge in [0, 0.05) is 26.2 Å². The van der Waals surface area contributed by atoms with Crippen molar-refractivity contribution in [3.05, 3.63) is 35.9 Å². The molecule has 0 unspecified atom stereocenters. The Balaban J connectivity index is 1.82. The van der Waals surface area contributed by atoms with Gasteiger partial charge in [-0.15, -0.1) is 0 Å². The molecule has 2 amide bonds. The zero-order chi connectivity index (χ0) is 15.9. The van der Waals surface area contributed by atoms with Crippen molar-refractivity contribution in [2.45, 2.75) is 26.9 Å². The van der Waals surface area contributed by atoms with Crippen molar-refractivity contribution < 1.29 is 14.3 Å². The molecule has 1 aromatic carbocycles. The highest BCUT2D eigenvalue weighted by molar-refractivity contribution is 5.80. The maximum Gasteiger partial charge on any atom is 0.410 e. The number of likely N-dealkylation sites (tertiary alicyclic amines) is 1. The van der Waals surface area contributed by atoms with Crippen molar-refractivity contribution in [3.8, 4) is 0 Å². The molecule has 22 heavy (non-hydrogen) atoms. The Bertz CT molecular complexity index is 500. The van der Waals surface area contributed by atoms with Crippen molar-refractivity contribution in [3.63, 3.8) is 0 Å². The molecule has 1 heterocycles. The van der Waals surface area contributed by atoms with Crippen molar-refractivity contribution in [1.29, 1.82) is 0 Å². The third kappa shape index (κ3) is 4.00. The Kier molecular flexibility index (Phi) is 5.81. The van der Waals surface area contributed by atoms with Gasteiger partial charge in [0.2, 0.25) is 5.91 Å². The van der Waals surface area contributed by atoms with Crippen molar-refractivity contribution in [2.24, 2.45) is 5.92 Å². The Labute approximate surface area is 131 Å². The number of hydrogen-bond donors (Lipinski definition) is 0. The van der Waals surface area contributed by atoms with Crippen LogP contribution in [0.15, 0.2) is 30.3 Å². The number of nitrogens with zero attached hydrogens (tertiary/aromatic N) is 2. The lowest BCUT2D eigenvalue weighted by Crippen LogP contribution is -2.38. The molecule has 1 fully saturated rings. The van der Waals surface area contributed by atoms with Gasteiger partial charge in [-0.3, -0.25) is 4.79 Å². The van der Waals surface area contributed by atoms with Crippen LogP contribution < -0.4 is 0 Å². The molecule has 0 aromatic heterocycles. The zero-order valence-corrected chi connectivity index (χ0v) is 13.3. The van der Waals surface area contributed by atoms with Crippen LogP contribution >= 0.6 is 0 Å². The molecule has 1 aromatic rings. The lowest BCUT2D eigenvalue weighted by atomic mass is 10.1. The molecule has 0 radical (unpaired) electrons. The summed E-state index contributed by atoms with van der Waals surface area (Å²) in [5.41, 5.74) is 0.964. The van der Waals surface area contributed by atoms with Gasteiger partial charge < -0.3 is 14.5 Å². The summed E-state index contributed by atoms with van der Waals surface area (Å²) in [6.45, 7) is 6.69. The number of amides is 2. The highest BCUT2D eigenvalue weighted by Crippen LogP contribution is 2.20. The van der Waals surface area contributed by atoms with E-state index in [1.165, 1.54) is 0 Å². The molecular weight excluding hydrogens is 280 g/mol. The van der Waals surface area contributed by atoms with E-state index in [0.717, 1.165) is 12.0 Å². The van der Waals surface area contributed by atoms with Gasteiger partial charge in [-0.05, 0) is 25.8 Å². The molecule has 1 aliphatic heterocycles. The Hall–Kier alpha value is -2.04. The molecule has 5 heteroatoms. The van der Waals surface area contributed by atoms with Crippen LogP contribution in [0.1, 0.15) is 25.8 Å². The van der Waals surface area contributed by atoms with Gasteiger partial charge in [-0.2, -0.15) is 0 Å². The molecule has 120 valence electrons. The molecule has 0 N–H and O–H groups in total. The van der Waals surface area contributed by atoms with E-state index < -0.39 is 0 Å². The summed E-state index contributed by atoms with van der Waals surface area (Å²) in [6.07, 6.45) is 0.383. The first-order valence-electron chi connectivity index (χ1n) is 7.90. The standard InChI is InChI=1S/C17H24N2O3/c1-3-18(4-2)16(20)15-10-11-19(12-15)17(21)22-13-14-8-6-5-7-9-14/h5-9,15H,3-4,10-13H2,1-2H3/t15-/m1/s1. The van der Waals surface area contributed by atoms with Crippen LogP contribution in [0.5, 0.6) is 0 Å². The smallest absolute Gasteiger partial charge is 0.410 e. The topological polar surface area (TPSA) is 49.9 Å². The van der Waals surface area contributed by atoms with E-state index in [-0.39, 0.29) is 24.5 Å². The van der Waals surface area contributed by atoms with E-state index in [4.69, 9.17) is 4.74 Å². The predicted octanol–water partition coefficient (Wildman–Crippen LogP) is 2.51. The highest BCUT2D eigenvalue weighted by atomic mass is 16.6. The number of hydrogen-bond acceptors (Lipinski definition) is 3. The lowest BCUT2D eigenvalue weighted by molar-refractivity contribution is -0.134. The van der Waals surface area contributed by atoms with Gasteiger partial charge in [-0.25, -0.2) is 4.79 Å². The molecule has 2 rings (SSSR count). The van der Waals surface area contributed by atoms with Crippen molar-refractivity contribution in [1.82, 2.24) is 9.80 Å². The Morgan fingerprint density at radius 2 is 1.91 bits per heavy atom. The van der Waals surface area contributed by atoms with Gasteiger partial charge in [-0.1, -0.05) is 30.3 Å². The van der Waals surface area contributed by atoms with Crippen LogP contribution in [0.2, 0.25) is 0 Å². The quantitative estimate of drug-likeness (QED) is 0.840. The lowest BCUT2D eigenvalue weighted by Gasteiger charge is -2.22. The molecule has 5 nitrogen and oxygen atoms in total. The van der Waals surface area contributed by atoms with Gasteiger partial charge in [0.25, 0.3) is 0 Å². The molecule has 0 spiro atoms. The van der Waals surface area contributed by atoms with Crippen LogP contribution in [0.3, 0.4) is 0 Å². The molecule has 1 atom stereocenters. The average molecular weight is 304 g/mol. The maximum atomic E-state index is 12.3. The molecule has 1 saturated heterocycles. The second-order valence-corrected chi connectivity index (χ2v) is 5.48. The van der Waals surface area contributed by atoms with Gasteiger partial charge in [0.05, 0.1) is 5.92 Å². The molecule has 0 saturated carbocycles. The molecule has 0 aliphatic carbocycles. The fourth-order valence-corrected chi connectivity index (χ4v) is 2.73. The normalized spacial score (nSPS) is 17.4. The second kappa shape index (κ2) is 7.82. The summed E-state index contributed by atoms with van der Waals surface area (Å²) in [5, 5.41) is 0. The minimum atomic E-state index is -0.335. The van der Waals surface area contributed by atoms with Crippen LogP contribution in [0.25, 0.3) is 0 Å². The van der Waals surface area contributed by atoms with Crippen LogP contribution in [-0.2, 0) is 16.1 Å². The minimum absolute atomic E-state index is 0.0934. The maximum absolute atomic E-state index is 12.3. The number of ether oxygens (including phenoxy) is 1. The van der Waals surface area contributed by atoms with E-state index in [1.54, 1.807) is 4.90 Å². The number of carbonyl (C=O) groups excluding carboxylic acids is 2. The fourth-order valence-electron chi connectivity index (χ4n) is 2.73. The van der Waals surface area contributed by atoms with Gasteiger partial charge >= 0.3 is 6.09 Å². The summed E-state index contributed by atoms with van der Waals surface area (Å²) >= 11 is 0. The fraction of sp³-hybridized carbons (Fsp3) is 0.529. The van der Waals surface area contributed by atoms with E-state index in [0.29, 0.717) is 26.2 Å². The Morgan fingerprint density at radius 1 is 1.23 bits per heavy atom. The summed E-state index contributed by atoms with van der Waals surface area (Å²) in [6, 6.07) is 9.60. The SMILES string of the molecule is CCN(CC)C(=O)[C@@H]1CCN(C(=O)OCc2ccccc2)C1. The van der Waals surface area contributed by atoms with E-state index in [2.05, 4.69) is 0 Å². The first kappa shape index (κ1) is 16.3. The third-order valence-corrected chi connectivity index (χ3v) is 4.08. The van der Waals surface area contributed by atoms with E-state index in [9.17, 15) is 9.59 Å². The summed E-state index contributed by atoms with van der Waals surface area (Å²) in [7, 11) is 0. The minimum Gasteiger partial charge on any atom is -0.445 e. The highest BCUT2D eigenvalue weighted by Gasteiger charge is 2.33. The summed E-state index contributed by atoms with van der Waals surface area (Å²) < 4.78 is 5.32. The van der Waals surface area contributed by atoms with Crippen molar-refractivity contribution in [2.75, 3.05) is 26.2 Å². The number of benzene rings is 1. The van der Waals surface area contributed by atoms with Gasteiger partial charge in [0.1, 0.15) is 6.61 Å². The first-order chi connectivity index (χ1) is 10.7.